The third-order valence-corrected chi connectivity index (χ3v) is 7.66. The van der Waals surface area contributed by atoms with Crippen molar-refractivity contribution in [2.75, 3.05) is 6.61 Å². The second kappa shape index (κ2) is 31.1. The molecule has 0 aromatic heterocycles. The van der Waals surface area contributed by atoms with Crippen LogP contribution >= 0.6 is 0 Å². The van der Waals surface area contributed by atoms with Crippen LogP contribution in [0.5, 0.6) is 0 Å². The van der Waals surface area contributed by atoms with Crippen molar-refractivity contribution in [3.8, 4) is 0 Å². The molecule has 0 aliphatic rings. The maximum Gasteiger partial charge on any atom is 1.00 e. The molecule has 0 aromatic carbocycles. The normalized spacial score (nSPS) is 12.7. The molecule has 0 aliphatic heterocycles. The van der Waals surface area contributed by atoms with Crippen molar-refractivity contribution in [3.05, 3.63) is 12.2 Å². The Hall–Kier alpha value is 0.610. The van der Waals surface area contributed by atoms with Crippen LogP contribution in [-0.2, 0) is 14.6 Å². The topological polar surface area (TPSA) is 66.4 Å². The third kappa shape index (κ3) is 34.6. The molecule has 0 heterocycles. The average Bonchev–Trinajstić information content (AvgIpc) is 2.84. The molecule has 0 radical (unpaired) electrons. The number of hydrogen-bond acceptors (Lipinski definition) is 4. The molecule has 37 heavy (non-hydrogen) atoms. The van der Waals surface area contributed by atoms with Crippen molar-refractivity contribution in [1.82, 2.24) is 0 Å². The van der Waals surface area contributed by atoms with Gasteiger partial charge >= 0.3 is 29.6 Å². The molecule has 216 valence electrons. The van der Waals surface area contributed by atoms with Crippen molar-refractivity contribution in [1.29, 1.82) is 0 Å². The van der Waals surface area contributed by atoms with Crippen LogP contribution in [0.15, 0.2) is 12.2 Å². The van der Waals surface area contributed by atoms with E-state index >= 15 is 0 Å². The van der Waals surface area contributed by atoms with Crippen molar-refractivity contribution < 1.29 is 46.7 Å². The summed E-state index contributed by atoms with van der Waals surface area (Å²) in [5, 5.41) is 0. The fourth-order valence-electron chi connectivity index (χ4n) is 4.87. The van der Waals surface area contributed by atoms with Crippen molar-refractivity contribution in [3.63, 3.8) is 0 Å². The van der Waals surface area contributed by atoms with Gasteiger partial charge in [-0.2, -0.15) is 0 Å². The molecule has 0 fully saturated rings. The minimum absolute atomic E-state index is 0. The molecule has 0 rings (SSSR count). The summed E-state index contributed by atoms with van der Waals surface area (Å²) in [7, 11) is -4.61. The molecule has 0 N–H and O–H groups in total. The molecule has 0 spiro atoms. The van der Waals surface area contributed by atoms with Gasteiger partial charge in [-0.3, -0.25) is 4.18 Å². The molecule has 0 bridgehead atoms. The van der Waals surface area contributed by atoms with Gasteiger partial charge in [0.15, 0.2) is 0 Å². The summed E-state index contributed by atoms with van der Waals surface area (Å²) in [6, 6.07) is 0. The van der Waals surface area contributed by atoms with E-state index in [1.54, 1.807) is 0 Å². The molecular formula is C31H61NaO4S. The van der Waals surface area contributed by atoms with E-state index in [4.69, 9.17) is 0 Å². The van der Waals surface area contributed by atoms with Crippen molar-refractivity contribution in [2.24, 2.45) is 5.92 Å². The first-order chi connectivity index (χ1) is 17.5. The number of hydrogen-bond donors (Lipinski definition) is 0. The van der Waals surface area contributed by atoms with Crippen LogP contribution in [-0.4, -0.2) is 19.6 Å². The molecule has 0 saturated heterocycles. The maximum absolute atomic E-state index is 10.8. The average molecular weight is 553 g/mol. The van der Waals surface area contributed by atoms with Gasteiger partial charge in [0.05, 0.1) is 6.61 Å². The standard InChI is InChI=1S/C31H62O4S.Na/c1-3-5-7-9-10-11-12-13-14-15-16-17-18-19-20-21-22-23-25-27-29-31(30-35-36(32,33)34)28-26-24-8-6-4-2;/h27,29,31H,3-26,28,30H2,1-2H3,(H,32,33,34);/q;+1/p-1/b29-27+;. The summed E-state index contributed by atoms with van der Waals surface area (Å²) in [5.41, 5.74) is 0. The fourth-order valence-corrected chi connectivity index (χ4v) is 5.21. The van der Waals surface area contributed by atoms with Crippen LogP contribution in [0.2, 0.25) is 0 Å². The van der Waals surface area contributed by atoms with Gasteiger partial charge in [0, 0.05) is 5.92 Å². The molecular weight excluding hydrogens is 491 g/mol. The third-order valence-electron chi connectivity index (χ3n) is 7.24. The molecule has 4 nitrogen and oxygen atoms in total. The van der Waals surface area contributed by atoms with Crippen LogP contribution < -0.4 is 29.6 Å². The molecule has 1 unspecified atom stereocenters. The molecule has 6 heteroatoms. The Balaban J connectivity index is 0. The van der Waals surface area contributed by atoms with Gasteiger partial charge in [-0.15, -0.1) is 0 Å². The Morgan fingerprint density at radius 1 is 0.595 bits per heavy atom. The molecule has 0 amide bonds. The summed E-state index contributed by atoms with van der Waals surface area (Å²) in [6.07, 6.45) is 36.9. The van der Waals surface area contributed by atoms with Gasteiger partial charge in [-0.1, -0.05) is 167 Å². The predicted octanol–water partition coefficient (Wildman–Crippen LogP) is 7.43. The summed E-state index contributed by atoms with van der Waals surface area (Å²) < 4.78 is 36.9. The van der Waals surface area contributed by atoms with E-state index in [1.807, 2.05) is 0 Å². The number of rotatable bonds is 29. The summed E-state index contributed by atoms with van der Waals surface area (Å²) in [4.78, 5) is 0. The summed E-state index contributed by atoms with van der Waals surface area (Å²) in [5.74, 6) is 0.0194. The predicted molar refractivity (Wildman–Crippen MR) is 155 cm³/mol. The van der Waals surface area contributed by atoms with E-state index in [0.29, 0.717) is 0 Å². The fraction of sp³-hybridized carbons (Fsp3) is 0.935. The van der Waals surface area contributed by atoms with E-state index in [2.05, 4.69) is 30.2 Å². The van der Waals surface area contributed by atoms with E-state index in [0.717, 1.165) is 25.7 Å². The zero-order valence-corrected chi connectivity index (χ0v) is 28.0. The summed E-state index contributed by atoms with van der Waals surface area (Å²) in [6.45, 7) is 4.46. The second-order valence-electron chi connectivity index (χ2n) is 10.9. The minimum atomic E-state index is -4.61. The molecule has 0 saturated carbocycles. The monoisotopic (exact) mass is 552 g/mol. The second-order valence-corrected chi connectivity index (χ2v) is 11.9. The van der Waals surface area contributed by atoms with Gasteiger partial charge in [-0.05, 0) is 19.3 Å². The smallest absolute Gasteiger partial charge is 0.726 e. The zero-order chi connectivity index (χ0) is 26.6. The Kier molecular flexibility index (Phi) is 33.5. The Labute approximate surface area is 254 Å². The zero-order valence-electron chi connectivity index (χ0n) is 25.2. The SMILES string of the molecule is CCCCCCCCCCCCCCCCCCCC/C=C/C(CCCCCCC)COS(=O)(=O)[O-].[Na+]. The van der Waals surface area contributed by atoms with Crippen LogP contribution in [0.4, 0.5) is 0 Å². The van der Waals surface area contributed by atoms with Gasteiger partial charge in [0.2, 0.25) is 10.4 Å². The van der Waals surface area contributed by atoms with Crippen LogP contribution in [0.3, 0.4) is 0 Å². The van der Waals surface area contributed by atoms with Gasteiger partial charge in [0.25, 0.3) is 0 Å². The van der Waals surface area contributed by atoms with Crippen molar-refractivity contribution in [2.45, 2.75) is 174 Å². The molecule has 0 aliphatic carbocycles. The molecule has 0 aromatic rings. The minimum Gasteiger partial charge on any atom is -0.726 e. The first kappa shape index (κ1) is 39.8. The first-order valence-corrected chi connectivity index (χ1v) is 17.1. The Bertz CT molecular complexity index is 566. The number of allylic oxidation sites excluding steroid dienone is 1. The largest absolute Gasteiger partial charge is 1.00 e. The van der Waals surface area contributed by atoms with E-state index < -0.39 is 10.4 Å². The van der Waals surface area contributed by atoms with Crippen LogP contribution in [0.25, 0.3) is 0 Å². The van der Waals surface area contributed by atoms with E-state index in [1.165, 1.54) is 135 Å². The summed E-state index contributed by atoms with van der Waals surface area (Å²) >= 11 is 0. The number of unbranched alkanes of at least 4 members (excludes halogenated alkanes) is 22. The molecule has 1 atom stereocenters. The van der Waals surface area contributed by atoms with E-state index in [-0.39, 0.29) is 42.1 Å². The maximum atomic E-state index is 10.8. The Morgan fingerprint density at radius 2 is 0.946 bits per heavy atom. The van der Waals surface area contributed by atoms with Crippen LogP contribution in [0.1, 0.15) is 174 Å². The van der Waals surface area contributed by atoms with E-state index in [9.17, 15) is 13.0 Å². The quantitative estimate of drug-likeness (QED) is 0.0318. The first-order valence-electron chi connectivity index (χ1n) is 15.8. The van der Waals surface area contributed by atoms with Crippen LogP contribution in [0, 0.1) is 5.92 Å². The van der Waals surface area contributed by atoms with Gasteiger partial charge < -0.3 is 4.55 Å². The Morgan fingerprint density at radius 3 is 1.32 bits per heavy atom. The van der Waals surface area contributed by atoms with Gasteiger partial charge in [-0.25, -0.2) is 8.42 Å². The van der Waals surface area contributed by atoms with Crippen molar-refractivity contribution >= 4 is 10.4 Å². The van der Waals surface area contributed by atoms with Gasteiger partial charge in [0.1, 0.15) is 0 Å².